The molecule has 0 aliphatic rings. The van der Waals surface area contributed by atoms with Crippen LogP contribution in [0.2, 0.25) is 0 Å². The molecule has 2 N–H and O–H groups in total. The van der Waals surface area contributed by atoms with E-state index in [0.29, 0.717) is 21.4 Å². The van der Waals surface area contributed by atoms with Gasteiger partial charge < -0.3 is 10.4 Å². The van der Waals surface area contributed by atoms with E-state index in [1.807, 2.05) is 20.8 Å². The van der Waals surface area contributed by atoms with Gasteiger partial charge in [0.05, 0.1) is 23.1 Å². The number of halogens is 3. The number of alkyl halides is 3. The number of carbonyl (C=O) groups is 2. The second-order valence-electron chi connectivity index (χ2n) is 7.41. The second kappa shape index (κ2) is 7.56. The lowest BCUT2D eigenvalue weighted by atomic mass is 9.91. The maximum Gasteiger partial charge on any atom is 0.434 e. The van der Waals surface area contributed by atoms with Crippen LogP contribution in [0.3, 0.4) is 0 Å². The molecule has 30 heavy (non-hydrogen) atoms. The molecule has 0 bridgehead atoms. The van der Waals surface area contributed by atoms with Crippen LogP contribution in [0.1, 0.15) is 52.2 Å². The van der Waals surface area contributed by atoms with Crippen molar-refractivity contribution in [2.45, 2.75) is 32.4 Å². The smallest absolute Gasteiger partial charge is 0.434 e. The molecule has 0 spiro atoms. The number of carbonyl (C=O) groups excluding carboxylic acids is 1. The van der Waals surface area contributed by atoms with Crippen molar-refractivity contribution in [3.05, 3.63) is 57.8 Å². The molecule has 7 nitrogen and oxygen atoms in total. The van der Waals surface area contributed by atoms with Crippen LogP contribution in [-0.4, -0.2) is 31.7 Å². The fourth-order valence-corrected chi connectivity index (χ4v) is 3.71. The van der Waals surface area contributed by atoms with Crippen molar-refractivity contribution in [2.75, 3.05) is 5.32 Å². The zero-order valence-electron chi connectivity index (χ0n) is 16.1. The lowest BCUT2D eigenvalue weighted by Crippen LogP contribution is -2.20. The van der Waals surface area contributed by atoms with Gasteiger partial charge in [0.1, 0.15) is 10.4 Å². The Morgan fingerprint density at radius 3 is 2.50 bits per heavy atom. The van der Waals surface area contributed by atoms with Gasteiger partial charge in [0, 0.05) is 11.1 Å². The van der Waals surface area contributed by atoms with Crippen LogP contribution >= 0.6 is 11.3 Å². The summed E-state index contributed by atoms with van der Waals surface area (Å²) in [6.45, 7) is 5.74. The van der Waals surface area contributed by atoms with E-state index >= 15 is 0 Å². The van der Waals surface area contributed by atoms with Gasteiger partial charge in [-0.15, -0.1) is 11.3 Å². The predicted octanol–water partition coefficient (Wildman–Crippen LogP) is 4.60. The minimum Gasteiger partial charge on any atom is -0.478 e. The molecule has 1 amide bonds. The third kappa shape index (κ3) is 4.20. The van der Waals surface area contributed by atoms with Crippen LogP contribution in [0.4, 0.5) is 18.9 Å². The first-order valence-electron chi connectivity index (χ1n) is 8.64. The maximum atomic E-state index is 13.4. The van der Waals surface area contributed by atoms with Gasteiger partial charge >= 0.3 is 12.1 Å². The lowest BCUT2D eigenvalue weighted by molar-refractivity contribution is -0.143. The average molecular weight is 438 g/mol. The molecule has 0 saturated carbocycles. The van der Waals surface area contributed by atoms with Crippen LogP contribution < -0.4 is 5.32 Å². The number of aromatic carboxylic acids is 1. The van der Waals surface area contributed by atoms with E-state index in [4.69, 9.17) is 5.11 Å². The van der Waals surface area contributed by atoms with Crippen molar-refractivity contribution in [1.82, 2.24) is 14.8 Å². The normalized spacial score (nSPS) is 12.1. The first-order valence-corrected chi connectivity index (χ1v) is 9.52. The van der Waals surface area contributed by atoms with Gasteiger partial charge in [-0.3, -0.25) is 4.79 Å². The highest BCUT2D eigenvalue weighted by atomic mass is 32.1. The third-order valence-corrected chi connectivity index (χ3v) is 4.93. The Hall–Kier alpha value is -3.21. The Balaban J connectivity index is 1.97. The molecule has 0 aliphatic carbocycles. The summed E-state index contributed by atoms with van der Waals surface area (Å²) < 4.78 is 40.8. The summed E-state index contributed by atoms with van der Waals surface area (Å²) in [4.78, 5) is 28.5. The van der Waals surface area contributed by atoms with Crippen LogP contribution in [0.25, 0.3) is 5.69 Å². The monoisotopic (exact) mass is 438 g/mol. The van der Waals surface area contributed by atoms with Crippen LogP contribution in [0.15, 0.2) is 36.0 Å². The molecule has 0 aliphatic heterocycles. The predicted molar refractivity (Wildman–Crippen MR) is 104 cm³/mol. The van der Waals surface area contributed by atoms with Crippen molar-refractivity contribution in [1.29, 1.82) is 0 Å². The van der Waals surface area contributed by atoms with Gasteiger partial charge in [0.25, 0.3) is 5.91 Å². The number of nitrogens with one attached hydrogen (secondary N) is 1. The van der Waals surface area contributed by atoms with Crippen molar-refractivity contribution in [3.63, 3.8) is 0 Å². The number of hydrogen-bond acceptors (Lipinski definition) is 5. The molecule has 2 aromatic heterocycles. The SMILES string of the molecule is CC(C)(C)c1ncsc1C(=O)Nc1cccc(-n2ncc(C(=O)O)c2C(F)(F)F)c1. The number of aromatic nitrogens is 3. The van der Waals surface area contributed by atoms with Crippen molar-refractivity contribution >= 4 is 28.9 Å². The van der Waals surface area contributed by atoms with Crippen LogP contribution in [0, 0.1) is 0 Å². The summed E-state index contributed by atoms with van der Waals surface area (Å²) in [6, 6.07) is 5.55. The average Bonchev–Trinajstić information content (AvgIpc) is 3.28. The Morgan fingerprint density at radius 1 is 1.20 bits per heavy atom. The molecule has 2 heterocycles. The Morgan fingerprint density at radius 2 is 1.90 bits per heavy atom. The van der Waals surface area contributed by atoms with E-state index in [9.17, 15) is 22.8 Å². The first kappa shape index (κ1) is 21.5. The number of hydrogen-bond donors (Lipinski definition) is 2. The van der Waals surface area contributed by atoms with Crippen molar-refractivity contribution in [3.8, 4) is 5.69 Å². The maximum absolute atomic E-state index is 13.4. The minimum absolute atomic E-state index is 0.0482. The molecule has 0 saturated heterocycles. The van der Waals surface area contributed by atoms with E-state index in [2.05, 4.69) is 15.4 Å². The van der Waals surface area contributed by atoms with E-state index in [-0.39, 0.29) is 16.8 Å². The highest BCUT2D eigenvalue weighted by molar-refractivity contribution is 7.12. The summed E-state index contributed by atoms with van der Waals surface area (Å²) in [6.07, 6.45) is -4.29. The summed E-state index contributed by atoms with van der Waals surface area (Å²) in [5.41, 5.74) is -0.387. The van der Waals surface area contributed by atoms with Gasteiger partial charge in [-0.25, -0.2) is 14.5 Å². The summed E-state index contributed by atoms with van der Waals surface area (Å²) in [5, 5.41) is 15.3. The zero-order valence-corrected chi connectivity index (χ0v) is 16.9. The molecule has 1 aromatic carbocycles. The molecular weight excluding hydrogens is 421 g/mol. The van der Waals surface area contributed by atoms with Crippen molar-refractivity contribution < 1.29 is 27.9 Å². The molecule has 0 radical (unpaired) electrons. The summed E-state index contributed by atoms with van der Waals surface area (Å²) in [5.74, 6) is -2.18. The molecule has 3 rings (SSSR count). The number of anilines is 1. The highest BCUT2D eigenvalue weighted by Gasteiger charge is 2.40. The number of nitrogens with zero attached hydrogens (tertiary/aromatic N) is 3. The zero-order chi connectivity index (χ0) is 22.3. The summed E-state index contributed by atoms with van der Waals surface area (Å²) >= 11 is 1.16. The fraction of sp³-hybridized carbons (Fsp3) is 0.263. The molecule has 0 atom stereocenters. The highest BCUT2D eigenvalue weighted by Crippen LogP contribution is 2.34. The van der Waals surface area contributed by atoms with E-state index in [1.165, 1.54) is 24.3 Å². The van der Waals surface area contributed by atoms with Crippen LogP contribution in [-0.2, 0) is 11.6 Å². The fourth-order valence-electron chi connectivity index (χ4n) is 2.82. The molecule has 0 fully saturated rings. The van der Waals surface area contributed by atoms with Gasteiger partial charge in [-0.05, 0) is 18.2 Å². The molecule has 0 unspecified atom stereocenters. The van der Waals surface area contributed by atoms with Gasteiger partial charge in [-0.2, -0.15) is 18.3 Å². The number of benzene rings is 1. The number of amides is 1. The van der Waals surface area contributed by atoms with E-state index in [0.717, 1.165) is 11.3 Å². The number of thiazole rings is 1. The van der Waals surface area contributed by atoms with Crippen LogP contribution in [0.5, 0.6) is 0 Å². The number of carboxylic acid groups (broad SMARTS) is 1. The molecule has 3 aromatic rings. The summed E-state index contributed by atoms with van der Waals surface area (Å²) in [7, 11) is 0. The number of carboxylic acids is 1. The standard InChI is InChI=1S/C19H17F3N4O3S/c1-18(2,3)14-13(30-9-23-14)16(27)25-10-5-4-6-11(7-10)26-15(19(20,21)22)12(8-24-26)17(28)29/h4-9H,1-3H3,(H,25,27)(H,28,29). The lowest BCUT2D eigenvalue weighted by Gasteiger charge is -2.17. The third-order valence-electron chi connectivity index (χ3n) is 4.10. The van der Waals surface area contributed by atoms with Gasteiger partial charge in [0.2, 0.25) is 0 Å². The number of rotatable bonds is 4. The van der Waals surface area contributed by atoms with E-state index in [1.54, 1.807) is 5.51 Å². The molecule has 158 valence electrons. The topological polar surface area (TPSA) is 97.1 Å². The van der Waals surface area contributed by atoms with Gasteiger partial charge in [0.15, 0.2) is 5.69 Å². The largest absolute Gasteiger partial charge is 0.478 e. The molecular formula is C19H17F3N4O3S. The van der Waals surface area contributed by atoms with E-state index < -0.39 is 29.3 Å². The minimum atomic E-state index is -4.94. The van der Waals surface area contributed by atoms with Gasteiger partial charge in [-0.1, -0.05) is 26.8 Å². The Labute approximate surface area is 173 Å². The first-order chi connectivity index (χ1) is 13.9. The molecule has 11 heteroatoms. The van der Waals surface area contributed by atoms with Crippen molar-refractivity contribution in [2.24, 2.45) is 0 Å². The Kier molecular flexibility index (Phi) is 5.42. The quantitative estimate of drug-likeness (QED) is 0.621. The Bertz CT molecular complexity index is 1110. The second-order valence-corrected chi connectivity index (χ2v) is 8.26.